The van der Waals surface area contributed by atoms with Gasteiger partial charge in [0.05, 0.1) is 0 Å². The van der Waals surface area contributed by atoms with Crippen LogP contribution in [0.25, 0.3) is 11.1 Å². The van der Waals surface area contributed by atoms with Crippen LogP contribution < -0.4 is 40.4 Å². The van der Waals surface area contributed by atoms with Crippen LogP contribution in [-0.4, -0.2) is 8.80 Å². The summed E-state index contributed by atoms with van der Waals surface area (Å²) < 4.78 is 0. The van der Waals surface area contributed by atoms with Crippen LogP contribution in [0.3, 0.4) is 0 Å². The first-order chi connectivity index (χ1) is 15.4. The SMILES string of the molecule is [C-]1=CC=CC1.[Cl-].[Cl-].[Zr+3].c1ccc([Si](c2ccccc2)c2cccc3c2Cc2ccccc2-3)cc1. The molecule has 0 atom stereocenters. The zero-order valence-electron chi connectivity index (χ0n) is 18.7. The molecule has 166 valence electrons. The summed E-state index contributed by atoms with van der Waals surface area (Å²) in [6.45, 7) is 0. The van der Waals surface area contributed by atoms with Gasteiger partial charge in [-0.3, -0.25) is 6.08 Å². The van der Waals surface area contributed by atoms with Crippen LogP contribution in [0.4, 0.5) is 0 Å². The smallest absolute Gasteiger partial charge is 1.00 e. The molecule has 34 heavy (non-hydrogen) atoms. The van der Waals surface area contributed by atoms with Crippen LogP contribution >= 0.6 is 0 Å². The van der Waals surface area contributed by atoms with Crippen molar-refractivity contribution in [1.82, 2.24) is 0 Å². The van der Waals surface area contributed by atoms with E-state index in [1.807, 2.05) is 12.2 Å². The molecule has 0 heterocycles. The fraction of sp³-hybridized carbons (Fsp3) is 0.0667. The molecule has 0 saturated heterocycles. The average molecular weight is 575 g/mol. The van der Waals surface area contributed by atoms with Gasteiger partial charge in [-0.15, -0.1) is 6.42 Å². The second-order valence-corrected chi connectivity index (χ2v) is 10.2. The summed E-state index contributed by atoms with van der Waals surface area (Å²) in [7, 11) is -1.02. The number of benzene rings is 4. The van der Waals surface area contributed by atoms with Gasteiger partial charge in [0, 0.05) is 0 Å². The van der Waals surface area contributed by atoms with Gasteiger partial charge in [0.15, 0.2) is 8.80 Å². The van der Waals surface area contributed by atoms with Gasteiger partial charge in [0.1, 0.15) is 0 Å². The molecule has 0 spiro atoms. The maximum atomic E-state index is 2.99. The summed E-state index contributed by atoms with van der Waals surface area (Å²) in [5.41, 5.74) is 5.81. The molecule has 2 radical (unpaired) electrons. The normalized spacial score (nSPS) is 11.8. The van der Waals surface area contributed by atoms with Crippen molar-refractivity contribution in [3.63, 3.8) is 0 Å². The zero-order valence-corrected chi connectivity index (χ0v) is 23.7. The Labute approximate surface area is 236 Å². The van der Waals surface area contributed by atoms with Gasteiger partial charge in [0.2, 0.25) is 0 Å². The first kappa shape index (κ1) is 28.3. The van der Waals surface area contributed by atoms with Gasteiger partial charge >= 0.3 is 26.2 Å². The van der Waals surface area contributed by atoms with Crippen molar-refractivity contribution in [2.75, 3.05) is 0 Å². The number of fused-ring (bicyclic) bond motifs is 3. The van der Waals surface area contributed by atoms with Crippen LogP contribution in [0, 0.1) is 6.08 Å². The van der Waals surface area contributed by atoms with Crippen molar-refractivity contribution in [3.8, 4) is 11.1 Å². The minimum Gasteiger partial charge on any atom is -1.00 e. The predicted molar refractivity (Wildman–Crippen MR) is 134 cm³/mol. The first-order valence-electron chi connectivity index (χ1n) is 10.8. The third kappa shape index (κ3) is 6.18. The van der Waals surface area contributed by atoms with E-state index in [0.29, 0.717) is 0 Å². The third-order valence-corrected chi connectivity index (χ3v) is 8.66. The van der Waals surface area contributed by atoms with Crippen molar-refractivity contribution in [1.29, 1.82) is 0 Å². The molecule has 4 heteroatoms. The van der Waals surface area contributed by atoms with E-state index in [0.717, 1.165) is 12.8 Å². The van der Waals surface area contributed by atoms with Crippen LogP contribution in [0.5, 0.6) is 0 Å². The summed E-state index contributed by atoms with van der Waals surface area (Å²) >= 11 is 0. The van der Waals surface area contributed by atoms with Gasteiger partial charge in [-0.1, -0.05) is 114 Å². The largest absolute Gasteiger partial charge is 3.00 e. The Morgan fingerprint density at radius 3 is 1.76 bits per heavy atom. The molecule has 4 aromatic rings. The zero-order chi connectivity index (χ0) is 20.9. The molecule has 0 aliphatic heterocycles. The maximum Gasteiger partial charge on any atom is 3.00 e. The molecule has 0 aromatic heterocycles. The summed E-state index contributed by atoms with van der Waals surface area (Å²) in [4.78, 5) is 0. The Morgan fingerprint density at radius 2 is 1.21 bits per heavy atom. The second kappa shape index (κ2) is 13.8. The van der Waals surface area contributed by atoms with E-state index in [2.05, 4.69) is 115 Å². The Bertz CT molecular complexity index is 1190. The van der Waals surface area contributed by atoms with Gasteiger partial charge in [-0.25, -0.2) is 12.2 Å². The molecule has 2 aliphatic rings. The van der Waals surface area contributed by atoms with E-state index >= 15 is 0 Å². The Hall–Kier alpha value is -1.96. The Balaban J connectivity index is 0.000000458. The van der Waals surface area contributed by atoms with E-state index in [-0.39, 0.29) is 51.0 Å². The van der Waals surface area contributed by atoms with E-state index in [4.69, 9.17) is 0 Å². The van der Waals surface area contributed by atoms with Crippen molar-refractivity contribution in [2.24, 2.45) is 0 Å². The van der Waals surface area contributed by atoms with E-state index in [9.17, 15) is 0 Å². The standard InChI is InChI=1S/C25H19Si.C5H5.2ClH.Zr/c1-3-11-20(12-4-1)26(21-13-5-2-6-14-21)25-17-9-16-23-22-15-8-7-10-19(22)18-24(23)25;1-2-4-5-3-1;;;/h1-17H,18H2;1-3H,4H2;2*1H;/q;-1;;;+3/p-2. The second-order valence-electron chi connectivity index (χ2n) is 7.78. The minimum atomic E-state index is -1.02. The van der Waals surface area contributed by atoms with Crippen LogP contribution in [0.15, 0.2) is 121 Å². The molecule has 4 aromatic carbocycles. The summed E-state index contributed by atoms with van der Waals surface area (Å²) in [5.74, 6) is 0. The molecule has 0 N–H and O–H groups in total. The van der Waals surface area contributed by atoms with Gasteiger partial charge in [-0.05, 0) is 33.9 Å². The summed E-state index contributed by atoms with van der Waals surface area (Å²) in [6.07, 6.45) is 11.1. The van der Waals surface area contributed by atoms with Gasteiger partial charge in [-0.2, -0.15) is 6.08 Å². The van der Waals surface area contributed by atoms with Crippen molar-refractivity contribution < 1.29 is 51.0 Å². The van der Waals surface area contributed by atoms with Crippen molar-refractivity contribution in [3.05, 3.63) is 139 Å². The number of halogens is 2. The molecule has 6 rings (SSSR count). The van der Waals surface area contributed by atoms with Crippen molar-refractivity contribution in [2.45, 2.75) is 12.8 Å². The number of hydrogen-bond acceptors (Lipinski definition) is 0. The first-order valence-corrected chi connectivity index (χ1v) is 12.3. The van der Waals surface area contributed by atoms with E-state index in [1.165, 1.54) is 37.8 Å². The predicted octanol–water partition coefficient (Wildman–Crippen LogP) is -0.915. The molecule has 0 unspecified atom stereocenters. The molecule has 0 nitrogen and oxygen atoms in total. The molecular formula is C30H24Cl2SiZr. The number of rotatable bonds is 3. The fourth-order valence-corrected chi connectivity index (χ4v) is 7.21. The van der Waals surface area contributed by atoms with Crippen LogP contribution in [0.1, 0.15) is 17.5 Å². The van der Waals surface area contributed by atoms with E-state index in [1.54, 1.807) is 0 Å². The fourth-order valence-electron chi connectivity index (χ4n) is 4.42. The Morgan fingerprint density at radius 1 is 0.618 bits per heavy atom. The number of hydrogen-bond donors (Lipinski definition) is 0. The van der Waals surface area contributed by atoms with Crippen LogP contribution in [-0.2, 0) is 32.6 Å². The van der Waals surface area contributed by atoms with Gasteiger partial charge < -0.3 is 24.8 Å². The molecule has 0 saturated carbocycles. The molecule has 0 amide bonds. The van der Waals surface area contributed by atoms with Crippen molar-refractivity contribution >= 4 is 24.4 Å². The Kier molecular flexibility index (Phi) is 11.5. The third-order valence-electron chi connectivity index (χ3n) is 5.83. The average Bonchev–Trinajstić information content (AvgIpc) is 3.53. The quantitative estimate of drug-likeness (QED) is 0.149. The van der Waals surface area contributed by atoms with E-state index < -0.39 is 8.80 Å². The molecule has 2 aliphatic carbocycles. The number of allylic oxidation sites excluding steroid dienone is 4. The monoisotopic (exact) mass is 572 g/mol. The molecule has 0 bridgehead atoms. The summed E-state index contributed by atoms with van der Waals surface area (Å²) in [6, 6.07) is 37.8. The molecular weight excluding hydrogens is 551 g/mol. The van der Waals surface area contributed by atoms with Crippen LogP contribution in [0.2, 0.25) is 0 Å². The van der Waals surface area contributed by atoms with Gasteiger partial charge in [0.25, 0.3) is 0 Å². The molecule has 0 fully saturated rings. The topological polar surface area (TPSA) is 0 Å². The minimum absolute atomic E-state index is 0. The maximum absolute atomic E-state index is 2.99. The summed E-state index contributed by atoms with van der Waals surface area (Å²) in [5, 5.41) is 4.43.